The minimum atomic E-state index is -0.170. The number of tetrazole rings is 1. The van der Waals surface area contributed by atoms with Crippen LogP contribution in [0, 0.1) is 0 Å². The molecule has 1 N–H and O–H groups in total. The number of hydrogen-bond donors (Lipinski definition) is 1. The quantitative estimate of drug-likeness (QED) is 0.400. The Morgan fingerprint density at radius 3 is 2.58 bits per heavy atom. The van der Waals surface area contributed by atoms with Crippen LogP contribution in [0.3, 0.4) is 0 Å². The Morgan fingerprint density at radius 2 is 1.83 bits per heavy atom. The lowest BCUT2D eigenvalue weighted by Gasteiger charge is -2.18. The maximum absolute atomic E-state index is 6.15. The zero-order chi connectivity index (χ0) is 24.5. The van der Waals surface area contributed by atoms with Crippen LogP contribution < -0.4 is 15.0 Å². The van der Waals surface area contributed by atoms with Crippen molar-refractivity contribution in [2.75, 3.05) is 32.2 Å². The average Bonchev–Trinajstić information content (AvgIpc) is 3.69. The van der Waals surface area contributed by atoms with E-state index < -0.39 is 0 Å². The first-order valence-electron chi connectivity index (χ1n) is 11.9. The van der Waals surface area contributed by atoms with Crippen LogP contribution in [0.4, 0.5) is 5.69 Å². The maximum Gasteiger partial charge on any atom is 0.341 e. The van der Waals surface area contributed by atoms with E-state index in [2.05, 4.69) is 55.0 Å². The van der Waals surface area contributed by atoms with Gasteiger partial charge in [0.1, 0.15) is 24.0 Å². The molecule has 2 aromatic carbocycles. The number of fused-ring (bicyclic) bond motifs is 1. The summed E-state index contributed by atoms with van der Waals surface area (Å²) in [6.07, 6.45) is 5.13. The third-order valence-corrected chi connectivity index (χ3v) is 6.67. The topological polar surface area (TPSA) is 104 Å². The molecule has 4 heterocycles. The Balaban J connectivity index is 1.09. The van der Waals surface area contributed by atoms with Gasteiger partial charge in [-0.3, -0.25) is 0 Å². The van der Waals surface area contributed by atoms with E-state index >= 15 is 0 Å². The largest absolute Gasteiger partial charge is 0.423 e. The monoisotopic (exact) mass is 488 g/mol. The fourth-order valence-corrected chi connectivity index (χ4v) is 4.69. The molecule has 0 unspecified atom stereocenters. The fraction of sp³-hybridized carbons (Fsp3) is 0.360. The predicted molar refractivity (Wildman–Crippen MR) is 131 cm³/mol. The van der Waals surface area contributed by atoms with Gasteiger partial charge in [-0.05, 0) is 52.4 Å². The summed E-state index contributed by atoms with van der Waals surface area (Å²) in [5, 5.41) is 15.7. The van der Waals surface area contributed by atoms with Crippen LogP contribution in [-0.4, -0.2) is 75.3 Å². The molecule has 2 aliphatic rings. The second kappa shape index (κ2) is 9.69. The number of nitrogens with zero attached hydrogens (tertiary/aromatic N) is 7. The molecule has 2 aliphatic heterocycles. The van der Waals surface area contributed by atoms with Gasteiger partial charge in [0.25, 0.3) is 0 Å². The van der Waals surface area contributed by atoms with Gasteiger partial charge in [0, 0.05) is 44.4 Å². The van der Waals surface area contributed by atoms with Crippen LogP contribution in [0.25, 0.3) is 5.69 Å². The molecule has 0 bridgehead atoms. The van der Waals surface area contributed by atoms with Gasteiger partial charge in [-0.15, -0.1) is 0 Å². The molecule has 11 nitrogen and oxygen atoms in total. The molecule has 11 heteroatoms. The summed E-state index contributed by atoms with van der Waals surface area (Å²) < 4.78 is 21.9. The normalized spacial score (nSPS) is 23.1. The molecule has 2 fully saturated rings. The molecule has 186 valence electrons. The van der Waals surface area contributed by atoms with Gasteiger partial charge in [0.15, 0.2) is 0 Å². The van der Waals surface area contributed by atoms with E-state index in [1.807, 2.05) is 49.1 Å². The number of imidazole rings is 1. The first-order chi connectivity index (χ1) is 17.7. The molecule has 4 atom stereocenters. The van der Waals surface area contributed by atoms with Gasteiger partial charge in [-0.25, -0.2) is 4.98 Å². The van der Waals surface area contributed by atoms with Crippen LogP contribution in [0.15, 0.2) is 67.3 Å². The number of ether oxygens (including phenoxy) is 3. The maximum atomic E-state index is 6.15. The minimum absolute atomic E-state index is 0.0810. The first kappa shape index (κ1) is 22.7. The van der Waals surface area contributed by atoms with E-state index in [1.165, 1.54) is 11.3 Å². The number of benzene rings is 2. The van der Waals surface area contributed by atoms with E-state index in [9.17, 15) is 0 Å². The Kier molecular flexibility index (Phi) is 6.09. The van der Waals surface area contributed by atoms with E-state index in [-0.39, 0.29) is 24.3 Å². The summed E-state index contributed by atoms with van der Waals surface area (Å²) in [6.45, 7) is 1.76. The van der Waals surface area contributed by atoms with Gasteiger partial charge in [-0.1, -0.05) is 17.2 Å². The molecule has 36 heavy (non-hydrogen) atoms. The highest BCUT2D eigenvalue weighted by atomic mass is 16.6. The van der Waals surface area contributed by atoms with Crippen LogP contribution in [-0.2, 0) is 16.0 Å². The zero-order valence-electron chi connectivity index (χ0n) is 20.1. The smallest absolute Gasteiger partial charge is 0.341 e. The van der Waals surface area contributed by atoms with Gasteiger partial charge in [0.05, 0.1) is 25.6 Å². The van der Waals surface area contributed by atoms with Crippen molar-refractivity contribution in [2.24, 2.45) is 0 Å². The summed E-state index contributed by atoms with van der Waals surface area (Å²) in [7, 11) is 4.08. The summed E-state index contributed by atoms with van der Waals surface area (Å²) in [4.78, 5) is 6.17. The molecule has 0 saturated carbocycles. The minimum Gasteiger partial charge on any atom is -0.423 e. The molecule has 0 aliphatic carbocycles. The molecular formula is C25H28N8O3. The number of anilines is 1. The number of rotatable bonds is 8. The Labute approximate surface area is 208 Å². The third-order valence-electron chi connectivity index (χ3n) is 6.67. The zero-order valence-corrected chi connectivity index (χ0v) is 20.1. The van der Waals surface area contributed by atoms with Crippen LogP contribution in [0.1, 0.15) is 11.6 Å². The SMILES string of the molecule is CN(C)c1ccc(CN[C@H]2CO[C@H]3[C@@H]2OC[C@@H]3n2nnnc2Oc2ccc(-n3ccnc3)cc2)cc1. The van der Waals surface area contributed by atoms with Crippen molar-refractivity contribution in [2.45, 2.75) is 30.8 Å². The second-order valence-electron chi connectivity index (χ2n) is 9.18. The molecule has 6 rings (SSSR count). The standard InChI is InChI=1S/C25H28N8O3/c1-31(2)18-5-3-17(4-6-18)13-27-21-14-34-24-22(15-35-23(21)24)33-25(28-29-30-33)36-20-9-7-19(8-10-20)32-12-11-26-16-32/h3-12,16,21-24,27H,13-15H2,1-2H3/t21-,22-,23+,24+/m0/s1. The molecule has 0 spiro atoms. The van der Waals surface area contributed by atoms with E-state index in [4.69, 9.17) is 14.2 Å². The highest BCUT2D eigenvalue weighted by Gasteiger charge is 2.49. The van der Waals surface area contributed by atoms with Crippen molar-refractivity contribution in [1.29, 1.82) is 0 Å². The second-order valence-corrected chi connectivity index (χ2v) is 9.18. The van der Waals surface area contributed by atoms with Crippen molar-refractivity contribution in [3.8, 4) is 17.4 Å². The first-order valence-corrected chi connectivity index (χ1v) is 11.9. The van der Waals surface area contributed by atoms with Crippen LogP contribution in [0.5, 0.6) is 11.8 Å². The number of hydrogen-bond acceptors (Lipinski definition) is 9. The van der Waals surface area contributed by atoms with Gasteiger partial charge in [0.2, 0.25) is 0 Å². The summed E-state index contributed by atoms with van der Waals surface area (Å²) in [5.74, 6) is 0.637. The lowest BCUT2D eigenvalue weighted by molar-refractivity contribution is 0.0611. The summed E-state index contributed by atoms with van der Waals surface area (Å²) in [5.41, 5.74) is 3.38. The number of nitrogens with one attached hydrogen (secondary N) is 1. The molecule has 0 radical (unpaired) electrons. The van der Waals surface area contributed by atoms with E-state index in [1.54, 1.807) is 17.2 Å². The lowest BCUT2D eigenvalue weighted by atomic mass is 10.1. The third kappa shape index (κ3) is 4.43. The van der Waals surface area contributed by atoms with Gasteiger partial charge >= 0.3 is 6.01 Å². The highest BCUT2D eigenvalue weighted by Crippen LogP contribution is 2.36. The fourth-order valence-electron chi connectivity index (χ4n) is 4.69. The van der Waals surface area contributed by atoms with Crippen molar-refractivity contribution in [3.63, 3.8) is 0 Å². The molecule has 2 saturated heterocycles. The Hall–Kier alpha value is -3.80. The average molecular weight is 489 g/mol. The summed E-state index contributed by atoms with van der Waals surface area (Å²) in [6, 6.07) is 16.4. The van der Waals surface area contributed by atoms with Crippen LogP contribution in [0.2, 0.25) is 0 Å². The Morgan fingerprint density at radius 1 is 1.03 bits per heavy atom. The van der Waals surface area contributed by atoms with E-state index in [0.29, 0.717) is 25.0 Å². The molecule has 4 aromatic rings. The molecule has 0 amide bonds. The van der Waals surface area contributed by atoms with Gasteiger partial charge in [-0.2, -0.15) is 4.68 Å². The Bertz CT molecular complexity index is 1270. The van der Waals surface area contributed by atoms with Crippen LogP contribution >= 0.6 is 0 Å². The van der Waals surface area contributed by atoms with Crippen molar-refractivity contribution in [1.82, 2.24) is 35.1 Å². The van der Waals surface area contributed by atoms with Crippen molar-refractivity contribution >= 4 is 5.69 Å². The van der Waals surface area contributed by atoms with Crippen molar-refractivity contribution in [3.05, 3.63) is 72.8 Å². The molecular weight excluding hydrogens is 460 g/mol. The highest BCUT2D eigenvalue weighted by molar-refractivity contribution is 5.46. The molecule has 2 aromatic heterocycles. The number of aromatic nitrogens is 6. The summed E-state index contributed by atoms with van der Waals surface area (Å²) >= 11 is 0. The lowest BCUT2D eigenvalue weighted by Crippen LogP contribution is -2.40. The van der Waals surface area contributed by atoms with Gasteiger partial charge < -0.3 is 29.0 Å². The van der Waals surface area contributed by atoms with Crippen molar-refractivity contribution < 1.29 is 14.2 Å². The van der Waals surface area contributed by atoms with E-state index in [0.717, 1.165) is 12.2 Å². The predicted octanol–water partition coefficient (Wildman–Crippen LogP) is 2.21.